The lowest BCUT2D eigenvalue weighted by Crippen LogP contribution is -2.21. The number of nitrogens with two attached hydrogens (primary N) is 1. The van der Waals surface area contributed by atoms with Crippen molar-refractivity contribution in [3.8, 4) is 5.75 Å². The van der Waals surface area contributed by atoms with Gasteiger partial charge in [0.2, 0.25) is 0 Å². The number of benzene rings is 2. The lowest BCUT2D eigenvalue weighted by atomic mass is 10.3. The third kappa shape index (κ3) is 3.71. The van der Waals surface area contributed by atoms with Crippen LogP contribution in [-0.2, 0) is 4.79 Å². The van der Waals surface area contributed by atoms with E-state index in [1.807, 2.05) is 0 Å². The van der Waals surface area contributed by atoms with E-state index in [1.165, 1.54) is 6.07 Å². The number of halogens is 2. The number of para-hydroxylation sites is 1. The van der Waals surface area contributed by atoms with Crippen LogP contribution in [0.3, 0.4) is 0 Å². The fraction of sp³-hybridized carbons (Fsp3) is 0.0714. The van der Waals surface area contributed by atoms with Crippen LogP contribution >= 0.6 is 15.9 Å². The fourth-order valence-corrected chi connectivity index (χ4v) is 1.95. The molecule has 0 fully saturated rings. The van der Waals surface area contributed by atoms with Crippen molar-refractivity contribution in [1.29, 1.82) is 0 Å². The monoisotopic (exact) mass is 338 g/mol. The molecule has 0 spiro atoms. The molecule has 2 aromatic rings. The Bertz CT molecular complexity index is 597. The first-order chi connectivity index (χ1) is 9.56. The summed E-state index contributed by atoms with van der Waals surface area (Å²) in [6.07, 6.45) is 0. The van der Waals surface area contributed by atoms with Crippen molar-refractivity contribution in [2.75, 3.05) is 17.7 Å². The molecule has 0 aromatic heterocycles. The van der Waals surface area contributed by atoms with E-state index in [2.05, 4.69) is 21.2 Å². The Labute approximate surface area is 123 Å². The first-order valence-corrected chi connectivity index (χ1v) is 6.58. The van der Waals surface area contributed by atoms with Gasteiger partial charge in [0, 0.05) is 10.2 Å². The first-order valence-electron chi connectivity index (χ1n) is 5.78. The lowest BCUT2D eigenvalue weighted by molar-refractivity contribution is -0.118. The molecule has 6 heteroatoms. The summed E-state index contributed by atoms with van der Waals surface area (Å²) in [6, 6.07) is 11.1. The largest absolute Gasteiger partial charge is 0.484 e. The van der Waals surface area contributed by atoms with Gasteiger partial charge in [-0.25, -0.2) is 4.39 Å². The highest BCUT2D eigenvalue weighted by molar-refractivity contribution is 9.10. The van der Waals surface area contributed by atoms with E-state index in [1.54, 1.807) is 36.4 Å². The highest BCUT2D eigenvalue weighted by Crippen LogP contribution is 2.25. The molecule has 0 saturated heterocycles. The predicted octanol–water partition coefficient (Wildman–Crippen LogP) is 3.19. The van der Waals surface area contributed by atoms with Crippen molar-refractivity contribution in [2.24, 2.45) is 0 Å². The highest BCUT2D eigenvalue weighted by Gasteiger charge is 2.10. The smallest absolute Gasteiger partial charge is 0.262 e. The SMILES string of the molecule is Nc1ccc(OCC(=O)Nc2c(F)cccc2Br)cc1. The number of rotatable bonds is 4. The van der Waals surface area contributed by atoms with E-state index in [9.17, 15) is 9.18 Å². The van der Waals surface area contributed by atoms with E-state index >= 15 is 0 Å². The standard InChI is InChI=1S/C14H12BrFN2O2/c15-11-2-1-3-12(16)14(11)18-13(19)8-20-10-6-4-9(17)5-7-10/h1-7H,8,17H2,(H,18,19). The third-order valence-corrected chi connectivity index (χ3v) is 3.14. The summed E-state index contributed by atoms with van der Waals surface area (Å²) in [5.74, 6) is -0.449. The number of nitrogen functional groups attached to an aromatic ring is 1. The zero-order chi connectivity index (χ0) is 14.5. The number of hydrogen-bond donors (Lipinski definition) is 2. The van der Waals surface area contributed by atoms with Gasteiger partial charge in [-0.3, -0.25) is 4.79 Å². The fourth-order valence-electron chi connectivity index (χ4n) is 1.51. The molecule has 20 heavy (non-hydrogen) atoms. The average molecular weight is 339 g/mol. The predicted molar refractivity (Wildman–Crippen MR) is 79.1 cm³/mol. The molecule has 0 bridgehead atoms. The number of hydrogen-bond acceptors (Lipinski definition) is 3. The lowest BCUT2D eigenvalue weighted by Gasteiger charge is -2.09. The van der Waals surface area contributed by atoms with Gasteiger partial charge in [0.15, 0.2) is 6.61 Å². The molecular formula is C14H12BrFN2O2. The molecule has 3 N–H and O–H groups in total. The Kier molecular flexibility index (Phi) is 4.57. The number of carbonyl (C=O) groups is 1. The second-order valence-corrected chi connectivity index (χ2v) is 4.86. The maximum atomic E-state index is 13.5. The van der Waals surface area contributed by atoms with E-state index in [0.29, 0.717) is 15.9 Å². The highest BCUT2D eigenvalue weighted by atomic mass is 79.9. The van der Waals surface area contributed by atoms with Crippen LogP contribution in [0.2, 0.25) is 0 Å². The summed E-state index contributed by atoms with van der Waals surface area (Å²) >= 11 is 3.17. The van der Waals surface area contributed by atoms with E-state index in [-0.39, 0.29) is 12.3 Å². The normalized spacial score (nSPS) is 10.1. The van der Waals surface area contributed by atoms with Gasteiger partial charge in [0.25, 0.3) is 5.91 Å². The van der Waals surface area contributed by atoms with Crippen molar-refractivity contribution in [3.05, 3.63) is 52.8 Å². The van der Waals surface area contributed by atoms with Crippen LogP contribution < -0.4 is 15.8 Å². The molecule has 2 aromatic carbocycles. The van der Waals surface area contributed by atoms with Crippen LogP contribution in [0.15, 0.2) is 46.9 Å². The van der Waals surface area contributed by atoms with Crippen molar-refractivity contribution in [2.45, 2.75) is 0 Å². The second-order valence-electron chi connectivity index (χ2n) is 4.00. The molecule has 0 aliphatic heterocycles. The van der Waals surface area contributed by atoms with Crippen LogP contribution in [0.1, 0.15) is 0 Å². The minimum absolute atomic E-state index is 0.0957. The van der Waals surface area contributed by atoms with Crippen LogP contribution in [0.5, 0.6) is 5.75 Å². The van der Waals surface area contributed by atoms with Gasteiger partial charge in [0.05, 0.1) is 5.69 Å². The molecule has 0 aliphatic carbocycles. The third-order valence-electron chi connectivity index (χ3n) is 2.48. The Balaban J connectivity index is 1.94. The zero-order valence-corrected chi connectivity index (χ0v) is 12.0. The summed E-state index contributed by atoms with van der Waals surface area (Å²) in [7, 11) is 0. The number of nitrogens with one attached hydrogen (secondary N) is 1. The molecule has 0 saturated carbocycles. The summed E-state index contributed by atoms with van der Waals surface area (Å²) in [5, 5.41) is 2.45. The van der Waals surface area contributed by atoms with E-state index < -0.39 is 11.7 Å². The Morgan fingerprint density at radius 2 is 1.95 bits per heavy atom. The average Bonchev–Trinajstić information content (AvgIpc) is 2.42. The minimum atomic E-state index is -0.514. The van der Waals surface area contributed by atoms with E-state index in [0.717, 1.165) is 0 Å². The maximum absolute atomic E-state index is 13.5. The molecule has 0 aliphatic rings. The van der Waals surface area contributed by atoms with Gasteiger partial charge in [-0.2, -0.15) is 0 Å². The Hall–Kier alpha value is -2.08. The Morgan fingerprint density at radius 1 is 1.25 bits per heavy atom. The van der Waals surface area contributed by atoms with Crippen LogP contribution in [0.4, 0.5) is 15.8 Å². The van der Waals surface area contributed by atoms with Crippen molar-refractivity contribution in [3.63, 3.8) is 0 Å². The van der Waals surface area contributed by atoms with Crippen LogP contribution in [-0.4, -0.2) is 12.5 Å². The van der Waals surface area contributed by atoms with Gasteiger partial charge in [-0.1, -0.05) is 6.07 Å². The molecule has 0 heterocycles. The molecule has 1 amide bonds. The summed E-state index contributed by atoms with van der Waals surface area (Å²) in [6.45, 7) is -0.218. The minimum Gasteiger partial charge on any atom is -0.484 e. The van der Waals surface area contributed by atoms with Gasteiger partial charge >= 0.3 is 0 Å². The van der Waals surface area contributed by atoms with Crippen molar-refractivity contribution in [1.82, 2.24) is 0 Å². The molecule has 0 unspecified atom stereocenters. The first kappa shape index (κ1) is 14.3. The van der Waals surface area contributed by atoms with Gasteiger partial charge in [-0.05, 0) is 52.3 Å². The maximum Gasteiger partial charge on any atom is 0.262 e. The van der Waals surface area contributed by atoms with Gasteiger partial charge in [0.1, 0.15) is 11.6 Å². The molecule has 4 nitrogen and oxygen atoms in total. The van der Waals surface area contributed by atoms with Crippen LogP contribution in [0, 0.1) is 5.82 Å². The number of amides is 1. The quantitative estimate of drug-likeness (QED) is 0.841. The van der Waals surface area contributed by atoms with Gasteiger partial charge in [-0.15, -0.1) is 0 Å². The van der Waals surface area contributed by atoms with Crippen molar-refractivity contribution < 1.29 is 13.9 Å². The van der Waals surface area contributed by atoms with Crippen LogP contribution in [0.25, 0.3) is 0 Å². The second kappa shape index (κ2) is 6.38. The molecule has 0 radical (unpaired) electrons. The number of anilines is 2. The molecule has 2 rings (SSSR count). The molecule has 104 valence electrons. The Morgan fingerprint density at radius 3 is 2.60 bits per heavy atom. The summed E-state index contributed by atoms with van der Waals surface area (Å²) < 4.78 is 19.3. The topological polar surface area (TPSA) is 64.3 Å². The summed E-state index contributed by atoms with van der Waals surface area (Å²) in [5.41, 5.74) is 6.24. The summed E-state index contributed by atoms with van der Waals surface area (Å²) in [4.78, 5) is 11.7. The molecule has 0 atom stereocenters. The zero-order valence-electron chi connectivity index (χ0n) is 10.4. The number of carbonyl (C=O) groups excluding carboxylic acids is 1. The van der Waals surface area contributed by atoms with Gasteiger partial charge < -0.3 is 15.8 Å². The van der Waals surface area contributed by atoms with E-state index in [4.69, 9.17) is 10.5 Å². The van der Waals surface area contributed by atoms with Crippen molar-refractivity contribution >= 4 is 33.2 Å². The number of ether oxygens (including phenoxy) is 1. The molecular weight excluding hydrogens is 327 g/mol.